The second-order valence-electron chi connectivity index (χ2n) is 5.38. The number of carbonyl (C=O) groups excluding carboxylic acids is 2. The molecular formula is C17H14N2O4S. The molecule has 1 aliphatic rings. The van der Waals surface area contributed by atoms with Gasteiger partial charge in [-0.25, -0.2) is 14.7 Å². The largest absolute Gasteiger partial charge is 0.478 e. The monoisotopic (exact) mass is 342 g/mol. The number of aromatic nitrogens is 1. The third-order valence-electron chi connectivity index (χ3n) is 3.62. The van der Waals surface area contributed by atoms with Crippen molar-refractivity contribution in [1.82, 2.24) is 4.98 Å². The van der Waals surface area contributed by atoms with Crippen LogP contribution in [0.3, 0.4) is 0 Å². The van der Waals surface area contributed by atoms with E-state index in [1.165, 1.54) is 18.3 Å². The summed E-state index contributed by atoms with van der Waals surface area (Å²) in [5, 5.41) is 8.77. The van der Waals surface area contributed by atoms with Crippen molar-refractivity contribution < 1.29 is 19.5 Å². The first-order valence-electron chi connectivity index (χ1n) is 7.26. The number of benzene rings is 1. The number of anilines is 1. The third kappa shape index (κ3) is 3.03. The molecule has 0 bridgehead atoms. The molecule has 7 heteroatoms. The van der Waals surface area contributed by atoms with Crippen molar-refractivity contribution in [2.75, 3.05) is 4.90 Å². The van der Waals surface area contributed by atoms with Gasteiger partial charge in [-0.1, -0.05) is 23.9 Å². The SMILES string of the molecule is Cc1cccc(N2C(=O)C[C@H](Sc3ncccc3C(=O)O)C2=O)c1. The van der Waals surface area contributed by atoms with Crippen LogP contribution >= 0.6 is 11.8 Å². The molecule has 1 N–H and O–H groups in total. The normalized spacial score (nSPS) is 17.4. The molecule has 0 spiro atoms. The first kappa shape index (κ1) is 16.2. The van der Waals surface area contributed by atoms with E-state index in [0.717, 1.165) is 22.2 Å². The fourth-order valence-electron chi connectivity index (χ4n) is 2.52. The van der Waals surface area contributed by atoms with Crippen molar-refractivity contribution in [1.29, 1.82) is 0 Å². The summed E-state index contributed by atoms with van der Waals surface area (Å²) >= 11 is 1.02. The summed E-state index contributed by atoms with van der Waals surface area (Å²) in [6, 6.07) is 10.1. The third-order valence-corrected chi connectivity index (χ3v) is 4.82. The lowest BCUT2D eigenvalue weighted by Gasteiger charge is -2.15. The van der Waals surface area contributed by atoms with Gasteiger partial charge in [-0.2, -0.15) is 0 Å². The molecule has 0 unspecified atom stereocenters. The molecule has 0 aliphatic carbocycles. The Labute approximate surface area is 142 Å². The molecule has 1 fully saturated rings. The molecule has 1 saturated heterocycles. The van der Waals surface area contributed by atoms with Crippen LogP contribution in [0.25, 0.3) is 0 Å². The van der Waals surface area contributed by atoms with Crippen molar-refractivity contribution in [3.8, 4) is 0 Å². The van der Waals surface area contributed by atoms with Crippen molar-refractivity contribution in [2.24, 2.45) is 0 Å². The predicted molar refractivity (Wildman–Crippen MR) is 89.1 cm³/mol. The summed E-state index contributed by atoms with van der Waals surface area (Å²) in [6.45, 7) is 1.88. The number of thioether (sulfide) groups is 1. The summed E-state index contributed by atoms with van der Waals surface area (Å²) in [6.07, 6.45) is 1.49. The topological polar surface area (TPSA) is 87.6 Å². The summed E-state index contributed by atoms with van der Waals surface area (Å²) in [5.41, 5.74) is 1.51. The van der Waals surface area contributed by atoms with E-state index in [0.29, 0.717) is 5.69 Å². The molecule has 2 heterocycles. The second-order valence-corrected chi connectivity index (χ2v) is 6.57. The van der Waals surface area contributed by atoms with Gasteiger partial charge in [0.25, 0.3) is 0 Å². The minimum absolute atomic E-state index is 0.0209. The summed E-state index contributed by atoms with van der Waals surface area (Å²) in [4.78, 5) is 41.3. The summed E-state index contributed by atoms with van der Waals surface area (Å²) in [5.74, 6) is -1.76. The van der Waals surface area contributed by atoms with Gasteiger partial charge in [0.05, 0.1) is 16.5 Å². The lowest BCUT2D eigenvalue weighted by atomic mass is 10.2. The number of aromatic carboxylic acids is 1. The van der Waals surface area contributed by atoms with Crippen LogP contribution in [0, 0.1) is 6.92 Å². The van der Waals surface area contributed by atoms with Crippen LogP contribution in [0.2, 0.25) is 0 Å². The molecule has 2 amide bonds. The standard InChI is InChI=1S/C17H14N2O4S/c1-10-4-2-5-11(8-10)19-14(20)9-13(16(19)21)24-15-12(17(22)23)6-3-7-18-15/h2-8,13H,9H2,1H3,(H,22,23)/t13-/m0/s1. The Kier molecular flexibility index (Phi) is 4.35. The molecule has 0 saturated carbocycles. The lowest BCUT2D eigenvalue weighted by molar-refractivity contribution is -0.121. The van der Waals surface area contributed by atoms with Crippen LogP contribution < -0.4 is 4.90 Å². The van der Waals surface area contributed by atoms with Crippen LogP contribution in [0.15, 0.2) is 47.6 Å². The highest BCUT2D eigenvalue weighted by Crippen LogP contribution is 2.34. The minimum Gasteiger partial charge on any atom is -0.478 e. The molecule has 6 nitrogen and oxygen atoms in total. The Morgan fingerprint density at radius 3 is 2.79 bits per heavy atom. The molecule has 1 aromatic heterocycles. The van der Waals surface area contributed by atoms with E-state index < -0.39 is 11.2 Å². The number of aryl methyl sites for hydroxylation is 1. The number of carboxylic acids is 1. The highest BCUT2D eigenvalue weighted by atomic mass is 32.2. The number of hydrogen-bond donors (Lipinski definition) is 1. The Balaban J connectivity index is 1.86. The van der Waals surface area contributed by atoms with E-state index in [4.69, 9.17) is 0 Å². The van der Waals surface area contributed by atoms with Crippen LogP contribution in [0.1, 0.15) is 22.3 Å². The number of rotatable bonds is 4. The second kappa shape index (κ2) is 6.45. The van der Waals surface area contributed by atoms with E-state index in [1.54, 1.807) is 18.2 Å². The zero-order chi connectivity index (χ0) is 17.3. The van der Waals surface area contributed by atoms with Crippen LogP contribution in [0.4, 0.5) is 5.69 Å². The molecule has 1 aliphatic heterocycles. The number of nitrogens with zero attached hydrogens (tertiary/aromatic N) is 2. The summed E-state index contributed by atoms with van der Waals surface area (Å²) < 4.78 is 0. The highest BCUT2D eigenvalue weighted by Gasteiger charge is 2.40. The fourth-order valence-corrected chi connectivity index (χ4v) is 3.62. The van der Waals surface area contributed by atoms with Gasteiger partial charge >= 0.3 is 5.97 Å². The predicted octanol–water partition coefficient (Wildman–Crippen LogP) is 2.51. The van der Waals surface area contributed by atoms with Gasteiger partial charge in [0.15, 0.2) is 0 Å². The minimum atomic E-state index is -1.11. The number of imide groups is 1. The maximum Gasteiger partial charge on any atom is 0.338 e. The number of carbonyl (C=O) groups is 3. The highest BCUT2D eigenvalue weighted by molar-refractivity contribution is 8.00. The first-order chi connectivity index (χ1) is 11.5. The number of amides is 2. The fraction of sp³-hybridized carbons (Fsp3) is 0.176. The van der Waals surface area contributed by atoms with Gasteiger partial charge in [0, 0.05) is 12.6 Å². The Morgan fingerprint density at radius 2 is 2.08 bits per heavy atom. The molecule has 3 rings (SSSR count). The van der Waals surface area contributed by atoms with Crippen LogP contribution in [0.5, 0.6) is 0 Å². The number of pyridine rings is 1. The van der Waals surface area contributed by atoms with Gasteiger partial charge in [-0.15, -0.1) is 0 Å². The lowest BCUT2D eigenvalue weighted by Crippen LogP contribution is -2.31. The van der Waals surface area contributed by atoms with Crippen LogP contribution in [-0.4, -0.2) is 33.1 Å². The van der Waals surface area contributed by atoms with Gasteiger partial charge in [-0.3, -0.25) is 9.59 Å². The molecule has 1 atom stereocenters. The maximum absolute atomic E-state index is 12.6. The molecule has 0 radical (unpaired) electrons. The van der Waals surface area contributed by atoms with E-state index >= 15 is 0 Å². The number of hydrogen-bond acceptors (Lipinski definition) is 5. The van der Waals surface area contributed by atoms with E-state index in [9.17, 15) is 19.5 Å². The quantitative estimate of drug-likeness (QED) is 0.859. The van der Waals surface area contributed by atoms with Crippen molar-refractivity contribution in [3.05, 3.63) is 53.7 Å². The van der Waals surface area contributed by atoms with Gasteiger partial charge in [0.1, 0.15) is 5.03 Å². The average molecular weight is 342 g/mol. The zero-order valence-electron chi connectivity index (χ0n) is 12.8. The Hall–Kier alpha value is -2.67. The molecular weight excluding hydrogens is 328 g/mol. The van der Waals surface area contributed by atoms with Gasteiger partial charge < -0.3 is 5.11 Å². The van der Waals surface area contributed by atoms with Crippen LogP contribution in [-0.2, 0) is 9.59 Å². The first-order valence-corrected chi connectivity index (χ1v) is 8.14. The van der Waals surface area contributed by atoms with Crippen molar-refractivity contribution in [3.63, 3.8) is 0 Å². The Bertz CT molecular complexity index is 837. The molecule has 122 valence electrons. The smallest absolute Gasteiger partial charge is 0.338 e. The molecule has 1 aromatic carbocycles. The summed E-state index contributed by atoms with van der Waals surface area (Å²) in [7, 11) is 0. The molecule has 24 heavy (non-hydrogen) atoms. The number of carboxylic acid groups (broad SMARTS) is 1. The Morgan fingerprint density at radius 1 is 1.29 bits per heavy atom. The van der Waals surface area contributed by atoms with E-state index in [1.807, 2.05) is 13.0 Å². The van der Waals surface area contributed by atoms with Crippen molar-refractivity contribution >= 4 is 35.2 Å². The van der Waals surface area contributed by atoms with Gasteiger partial charge in [0.2, 0.25) is 11.8 Å². The molecule has 2 aromatic rings. The zero-order valence-corrected chi connectivity index (χ0v) is 13.6. The van der Waals surface area contributed by atoms with E-state index in [-0.39, 0.29) is 28.8 Å². The van der Waals surface area contributed by atoms with Gasteiger partial charge in [-0.05, 0) is 36.8 Å². The van der Waals surface area contributed by atoms with Crippen molar-refractivity contribution in [2.45, 2.75) is 23.6 Å². The average Bonchev–Trinajstić information content (AvgIpc) is 2.81. The maximum atomic E-state index is 12.6. The van der Waals surface area contributed by atoms with E-state index in [2.05, 4.69) is 4.98 Å².